The summed E-state index contributed by atoms with van der Waals surface area (Å²) in [5.41, 5.74) is 2.72. The number of hydrogen-bond acceptors (Lipinski definition) is 3. The molecule has 100 valence electrons. The van der Waals surface area contributed by atoms with Crippen molar-refractivity contribution in [3.63, 3.8) is 0 Å². The highest BCUT2D eigenvalue weighted by Crippen LogP contribution is 2.19. The van der Waals surface area contributed by atoms with Crippen LogP contribution < -0.4 is 10.7 Å². The number of nitrogens with one attached hydrogen (secondary N) is 2. The number of hydrogen-bond donors (Lipinski definition) is 2. The van der Waals surface area contributed by atoms with E-state index >= 15 is 0 Å². The third kappa shape index (κ3) is 4.22. The van der Waals surface area contributed by atoms with Gasteiger partial charge in [-0.3, -0.25) is 9.59 Å². The number of halogens is 2. The number of carbonyl (C=O) groups is 2. The average molecular weight is 300 g/mol. The molecule has 0 aliphatic heterocycles. The molecule has 1 aromatic rings. The summed E-state index contributed by atoms with van der Waals surface area (Å²) >= 11 is 11.7. The first-order valence-corrected chi connectivity index (χ1v) is 6.41. The van der Waals surface area contributed by atoms with Crippen LogP contribution in [0.1, 0.15) is 18.4 Å². The van der Waals surface area contributed by atoms with Crippen molar-refractivity contribution in [1.29, 1.82) is 0 Å². The molecule has 0 heterocycles. The summed E-state index contributed by atoms with van der Waals surface area (Å²) in [7, 11) is 0. The molecule has 1 aliphatic carbocycles. The number of benzene rings is 1. The molecule has 1 saturated carbocycles. The maximum atomic E-state index is 11.3. The monoisotopic (exact) mass is 299 g/mol. The van der Waals surface area contributed by atoms with Crippen LogP contribution in [0, 0.1) is 0 Å². The highest BCUT2D eigenvalue weighted by Gasteiger charge is 2.26. The fraction of sp³-hybridized carbons (Fsp3) is 0.250. The lowest BCUT2D eigenvalue weighted by atomic mass is 10.2. The molecule has 0 radical (unpaired) electrons. The van der Waals surface area contributed by atoms with Crippen LogP contribution in [-0.2, 0) is 9.59 Å². The Morgan fingerprint density at radius 3 is 2.63 bits per heavy atom. The van der Waals surface area contributed by atoms with Crippen LogP contribution in [-0.4, -0.2) is 24.1 Å². The van der Waals surface area contributed by atoms with E-state index in [0.29, 0.717) is 15.6 Å². The quantitative estimate of drug-likeness (QED) is 0.507. The molecule has 1 fully saturated rings. The lowest BCUT2D eigenvalue weighted by Gasteiger charge is -2.01. The fourth-order valence-corrected chi connectivity index (χ4v) is 1.75. The van der Waals surface area contributed by atoms with Gasteiger partial charge in [0.1, 0.15) is 0 Å². The zero-order valence-electron chi connectivity index (χ0n) is 9.82. The predicted molar refractivity (Wildman–Crippen MR) is 73.4 cm³/mol. The second kappa shape index (κ2) is 6.04. The van der Waals surface area contributed by atoms with Crippen molar-refractivity contribution in [2.45, 2.75) is 18.9 Å². The average Bonchev–Trinajstić information content (AvgIpc) is 3.15. The van der Waals surface area contributed by atoms with E-state index in [-0.39, 0.29) is 6.04 Å². The van der Waals surface area contributed by atoms with Crippen molar-refractivity contribution in [1.82, 2.24) is 10.7 Å². The lowest BCUT2D eigenvalue weighted by Crippen LogP contribution is -2.38. The molecule has 7 heteroatoms. The van der Waals surface area contributed by atoms with Crippen LogP contribution in [0.5, 0.6) is 0 Å². The van der Waals surface area contributed by atoms with Crippen LogP contribution in [0.15, 0.2) is 23.3 Å². The van der Waals surface area contributed by atoms with Crippen molar-refractivity contribution >= 4 is 41.2 Å². The first-order valence-electron chi connectivity index (χ1n) is 5.65. The summed E-state index contributed by atoms with van der Waals surface area (Å²) in [6.07, 6.45) is 3.19. The second-order valence-corrected chi connectivity index (χ2v) is 4.96. The predicted octanol–water partition coefficient (Wildman–Crippen LogP) is 1.72. The van der Waals surface area contributed by atoms with Crippen molar-refractivity contribution in [3.8, 4) is 0 Å². The van der Waals surface area contributed by atoms with Gasteiger partial charge in [0.2, 0.25) is 0 Å². The lowest BCUT2D eigenvalue weighted by molar-refractivity contribution is -0.139. The number of nitrogens with zero attached hydrogens (tertiary/aromatic N) is 1. The Morgan fingerprint density at radius 2 is 2.00 bits per heavy atom. The number of hydrazone groups is 1. The minimum atomic E-state index is -0.798. The largest absolute Gasteiger partial charge is 0.345 e. The van der Waals surface area contributed by atoms with Crippen molar-refractivity contribution in [2.75, 3.05) is 0 Å². The van der Waals surface area contributed by atoms with Gasteiger partial charge in [-0.2, -0.15) is 5.10 Å². The van der Waals surface area contributed by atoms with Gasteiger partial charge in [-0.15, -0.1) is 0 Å². The summed E-state index contributed by atoms with van der Waals surface area (Å²) in [6, 6.07) is 5.00. The van der Waals surface area contributed by atoms with Gasteiger partial charge >= 0.3 is 11.8 Å². The Kier molecular flexibility index (Phi) is 4.39. The van der Waals surface area contributed by atoms with Gasteiger partial charge < -0.3 is 5.32 Å². The molecule has 19 heavy (non-hydrogen) atoms. The zero-order chi connectivity index (χ0) is 13.8. The van der Waals surface area contributed by atoms with Crippen LogP contribution in [0.4, 0.5) is 0 Å². The molecule has 0 spiro atoms. The van der Waals surface area contributed by atoms with Gasteiger partial charge in [-0.25, -0.2) is 5.43 Å². The highest BCUT2D eigenvalue weighted by atomic mass is 35.5. The van der Waals surface area contributed by atoms with Gasteiger partial charge in [-0.05, 0) is 25.0 Å². The molecule has 1 aliphatic rings. The molecule has 0 unspecified atom stereocenters. The van der Waals surface area contributed by atoms with E-state index in [1.165, 1.54) is 6.21 Å². The molecule has 2 amide bonds. The van der Waals surface area contributed by atoms with E-state index in [1.54, 1.807) is 18.2 Å². The third-order valence-corrected chi connectivity index (χ3v) is 3.01. The third-order valence-electron chi connectivity index (χ3n) is 2.45. The standard InChI is InChI=1S/C12H11Cl2N3O2/c13-8-2-1-7(10(14)5-8)6-15-17-12(19)11(18)16-9-3-4-9/h1-2,5-6,9H,3-4H2,(H,16,18)(H,17,19)/b15-6+. The molecule has 2 rings (SSSR count). The topological polar surface area (TPSA) is 70.6 Å². The van der Waals surface area contributed by atoms with Crippen molar-refractivity contribution in [2.24, 2.45) is 5.10 Å². The molecule has 0 atom stereocenters. The van der Waals surface area contributed by atoms with Crippen LogP contribution >= 0.6 is 23.2 Å². The summed E-state index contributed by atoms with van der Waals surface area (Å²) in [4.78, 5) is 22.7. The minimum Gasteiger partial charge on any atom is -0.345 e. The first-order chi connectivity index (χ1) is 9.06. The van der Waals surface area contributed by atoms with Gasteiger partial charge in [0, 0.05) is 16.6 Å². The van der Waals surface area contributed by atoms with E-state index in [1.807, 2.05) is 0 Å². The summed E-state index contributed by atoms with van der Waals surface area (Å²) < 4.78 is 0. The SMILES string of the molecule is O=C(N/N=C/c1ccc(Cl)cc1Cl)C(=O)NC1CC1. The van der Waals surface area contributed by atoms with Crippen molar-refractivity contribution in [3.05, 3.63) is 33.8 Å². The Labute approximate surface area is 120 Å². The van der Waals surface area contributed by atoms with Gasteiger partial charge in [0.25, 0.3) is 0 Å². The Balaban J connectivity index is 1.88. The van der Waals surface area contributed by atoms with E-state index in [9.17, 15) is 9.59 Å². The highest BCUT2D eigenvalue weighted by molar-refractivity contribution is 6.36. The van der Waals surface area contributed by atoms with E-state index in [4.69, 9.17) is 23.2 Å². The van der Waals surface area contributed by atoms with Crippen LogP contribution in [0.3, 0.4) is 0 Å². The molecular formula is C12H11Cl2N3O2. The molecule has 0 saturated heterocycles. The smallest absolute Gasteiger partial charge is 0.329 e. The zero-order valence-corrected chi connectivity index (χ0v) is 11.3. The molecular weight excluding hydrogens is 289 g/mol. The number of rotatable bonds is 3. The van der Waals surface area contributed by atoms with E-state index in [0.717, 1.165) is 12.8 Å². The summed E-state index contributed by atoms with van der Waals surface area (Å²) in [5, 5.41) is 7.14. The number of carbonyl (C=O) groups excluding carboxylic acids is 2. The first kappa shape index (κ1) is 13.8. The molecule has 0 bridgehead atoms. The summed E-state index contributed by atoms with van der Waals surface area (Å²) in [6.45, 7) is 0. The minimum absolute atomic E-state index is 0.132. The van der Waals surface area contributed by atoms with Crippen LogP contribution in [0.2, 0.25) is 10.0 Å². The maximum absolute atomic E-state index is 11.3. The number of amides is 2. The van der Waals surface area contributed by atoms with E-state index < -0.39 is 11.8 Å². The molecule has 5 nitrogen and oxygen atoms in total. The molecule has 1 aromatic carbocycles. The fourth-order valence-electron chi connectivity index (χ4n) is 1.30. The second-order valence-electron chi connectivity index (χ2n) is 4.11. The van der Waals surface area contributed by atoms with Crippen molar-refractivity contribution < 1.29 is 9.59 Å². The van der Waals surface area contributed by atoms with Gasteiger partial charge in [0.05, 0.1) is 11.2 Å². The van der Waals surface area contributed by atoms with Crippen LogP contribution in [0.25, 0.3) is 0 Å². The Morgan fingerprint density at radius 1 is 1.26 bits per heavy atom. The van der Waals surface area contributed by atoms with Gasteiger partial charge in [-0.1, -0.05) is 29.3 Å². The normalized spacial score (nSPS) is 14.4. The Bertz CT molecular complexity index is 542. The van der Waals surface area contributed by atoms with Gasteiger partial charge in [0.15, 0.2) is 0 Å². The molecule has 2 N–H and O–H groups in total. The molecule has 0 aromatic heterocycles. The van der Waals surface area contributed by atoms with E-state index in [2.05, 4.69) is 15.8 Å². The Hall–Kier alpha value is -1.59. The summed E-state index contributed by atoms with van der Waals surface area (Å²) in [5.74, 6) is -1.48. The maximum Gasteiger partial charge on any atom is 0.329 e.